The quantitative estimate of drug-likeness (QED) is 0.221. The molecule has 0 fully saturated rings. The summed E-state index contributed by atoms with van der Waals surface area (Å²) < 4.78 is 6.01. The number of oxime groups is 1. The minimum Gasteiger partial charge on any atom is -0.438 e. The molecule has 0 radical (unpaired) electrons. The molecule has 0 unspecified atom stereocenters. The third kappa shape index (κ3) is 4.14. The first-order valence-electron chi connectivity index (χ1n) is 8.13. The van der Waals surface area contributed by atoms with Crippen molar-refractivity contribution < 1.29 is 9.94 Å². The van der Waals surface area contributed by atoms with Crippen molar-refractivity contribution in [2.45, 2.75) is 18.2 Å². The average molecular weight is 355 g/mol. The van der Waals surface area contributed by atoms with E-state index in [1.807, 2.05) is 54.5 Å². The number of aromatic nitrogens is 1. The van der Waals surface area contributed by atoms with Gasteiger partial charge in [0.1, 0.15) is 5.75 Å². The van der Waals surface area contributed by atoms with Gasteiger partial charge in [-0.1, -0.05) is 17.3 Å². The number of amidine groups is 1. The number of thioether (sulfide) groups is 1. The smallest absolute Gasteiger partial charge is 0.230 e. The van der Waals surface area contributed by atoms with Crippen LogP contribution in [0.5, 0.6) is 11.6 Å². The molecular weight excluding hydrogens is 334 g/mol. The van der Waals surface area contributed by atoms with Crippen LogP contribution < -0.4 is 4.74 Å². The fourth-order valence-corrected chi connectivity index (χ4v) is 3.07. The van der Waals surface area contributed by atoms with Gasteiger partial charge < -0.3 is 14.8 Å². The first kappa shape index (κ1) is 17.4. The second-order valence-corrected chi connectivity index (χ2v) is 6.59. The van der Waals surface area contributed by atoms with E-state index in [0.29, 0.717) is 29.6 Å². The van der Waals surface area contributed by atoms with Gasteiger partial charge in [-0.05, 0) is 56.0 Å². The van der Waals surface area contributed by atoms with E-state index in [1.54, 1.807) is 11.8 Å². The highest BCUT2D eigenvalue weighted by Gasteiger charge is 2.20. The number of aryl methyl sites for hydroxylation is 1. The van der Waals surface area contributed by atoms with Gasteiger partial charge in [0.15, 0.2) is 5.84 Å². The third-order valence-corrected chi connectivity index (χ3v) is 4.71. The fourth-order valence-electron chi connectivity index (χ4n) is 2.66. The maximum Gasteiger partial charge on any atom is 0.230 e. The summed E-state index contributed by atoms with van der Waals surface area (Å²) in [5.74, 6) is 1.62. The van der Waals surface area contributed by atoms with E-state index >= 15 is 0 Å². The zero-order valence-corrected chi connectivity index (χ0v) is 15.2. The number of hydrogen-bond acceptors (Lipinski definition) is 5. The summed E-state index contributed by atoms with van der Waals surface area (Å²) in [5.41, 5.74) is 1.52. The molecule has 5 nitrogen and oxygen atoms in total. The normalized spacial score (nSPS) is 14.6. The molecule has 6 heteroatoms. The lowest BCUT2D eigenvalue weighted by Gasteiger charge is -2.26. The van der Waals surface area contributed by atoms with Gasteiger partial charge in [-0.15, -0.1) is 11.8 Å². The van der Waals surface area contributed by atoms with Crippen molar-refractivity contribution in [1.82, 2.24) is 9.88 Å². The molecule has 1 aliphatic heterocycles. The summed E-state index contributed by atoms with van der Waals surface area (Å²) in [7, 11) is 0. The Morgan fingerprint density at radius 2 is 2.00 bits per heavy atom. The average Bonchev–Trinajstić information content (AvgIpc) is 2.65. The summed E-state index contributed by atoms with van der Waals surface area (Å²) in [6.45, 7) is 3.41. The molecule has 1 aromatic carbocycles. The van der Waals surface area contributed by atoms with Gasteiger partial charge in [-0.25, -0.2) is 4.98 Å². The largest absolute Gasteiger partial charge is 0.438 e. The van der Waals surface area contributed by atoms with Crippen LogP contribution in [0.1, 0.15) is 17.7 Å². The van der Waals surface area contributed by atoms with E-state index in [9.17, 15) is 5.21 Å². The van der Waals surface area contributed by atoms with E-state index in [4.69, 9.17) is 4.74 Å². The standard InChI is InChI=1S/C19H21N3O2S/c1-14-6-11-17(18(21-23)22-12-4-3-5-13-22)19(20-14)24-15-7-9-16(25-2)10-8-15/h3-4,6-11,23H,5,12-13H2,1-2H3/b21-18-. The van der Waals surface area contributed by atoms with Gasteiger partial charge in [-0.3, -0.25) is 0 Å². The first-order chi connectivity index (χ1) is 12.2. The van der Waals surface area contributed by atoms with Crippen molar-refractivity contribution in [3.63, 3.8) is 0 Å². The maximum atomic E-state index is 9.60. The molecule has 2 aromatic rings. The molecule has 130 valence electrons. The van der Waals surface area contributed by atoms with Gasteiger partial charge >= 0.3 is 0 Å². The molecule has 0 atom stereocenters. The molecule has 0 saturated heterocycles. The van der Waals surface area contributed by atoms with Crippen LogP contribution in [0.15, 0.2) is 58.6 Å². The van der Waals surface area contributed by atoms with E-state index in [-0.39, 0.29) is 0 Å². The predicted molar refractivity (Wildman–Crippen MR) is 101 cm³/mol. The Balaban J connectivity index is 1.92. The Kier molecular flexibility index (Phi) is 5.60. The van der Waals surface area contributed by atoms with Gasteiger partial charge in [0.25, 0.3) is 0 Å². The molecule has 2 heterocycles. The Morgan fingerprint density at radius 3 is 2.64 bits per heavy atom. The summed E-state index contributed by atoms with van der Waals surface area (Å²) >= 11 is 1.68. The van der Waals surface area contributed by atoms with Crippen molar-refractivity contribution >= 4 is 17.6 Å². The maximum absolute atomic E-state index is 9.60. The molecule has 1 aliphatic rings. The minimum atomic E-state index is 0.444. The highest BCUT2D eigenvalue weighted by molar-refractivity contribution is 7.98. The summed E-state index contributed by atoms with van der Waals surface area (Å²) in [6.07, 6.45) is 7.15. The minimum absolute atomic E-state index is 0.444. The number of benzene rings is 1. The predicted octanol–water partition coefficient (Wildman–Crippen LogP) is 4.30. The number of rotatable bonds is 4. The van der Waals surface area contributed by atoms with Gasteiger partial charge in [0, 0.05) is 23.7 Å². The Morgan fingerprint density at radius 1 is 1.20 bits per heavy atom. The van der Waals surface area contributed by atoms with Crippen molar-refractivity contribution in [3.05, 3.63) is 59.8 Å². The molecule has 1 N–H and O–H groups in total. The van der Waals surface area contributed by atoms with Crippen LogP contribution in [0.25, 0.3) is 0 Å². The monoisotopic (exact) mass is 355 g/mol. The highest BCUT2D eigenvalue weighted by Crippen LogP contribution is 2.27. The van der Waals surface area contributed by atoms with E-state index in [0.717, 1.165) is 18.7 Å². The second-order valence-electron chi connectivity index (χ2n) is 5.71. The number of hydrogen-bond donors (Lipinski definition) is 1. The van der Waals surface area contributed by atoms with Crippen LogP contribution in [0.4, 0.5) is 0 Å². The number of pyridine rings is 1. The summed E-state index contributed by atoms with van der Waals surface area (Å²) in [5, 5.41) is 13.1. The molecule has 0 spiro atoms. The van der Waals surface area contributed by atoms with Gasteiger partial charge in [0.05, 0.1) is 5.56 Å². The van der Waals surface area contributed by atoms with Crippen LogP contribution in [0, 0.1) is 6.92 Å². The van der Waals surface area contributed by atoms with Gasteiger partial charge in [-0.2, -0.15) is 0 Å². The third-order valence-electron chi connectivity index (χ3n) is 3.97. The highest BCUT2D eigenvalue weighted by atomic mass is 32.2. The van der Waals surface area contributed by atoms with Crippen molar-refractivity contribution in [2.75, 3.05) is 19.3 Å². The fraction of sp³-hybridized carbons (Fsp3) is 0.263. The molecule has 25 heavy (non-hydrogen) atoms. The summed E-state index contributed by atoms with van der Waals surface area (Å²) in [4.78, 5) is 7.69. The van der Waals surface area contributed by atoms with E-state index in [2.05, 4.69) is 22.3 Å². The molecule has 0 amide bonds. The number of ether oxygens (including phenoxy) is 1. The Hall–Kier alpha value is -2.47. The molecule has 0 bridgehead atoms. The van der Waals surface area contributed by atoms with E-state index < -0.39 is 0 Å². The topological polar surface area (TPSA) is 58.0 Å². The van der Waals surface area contributed by atoms with Crippen LogP contribution in [0.2, 0.25) is 0 Å². The number of nitrogens with zero attached hydrogens (tertiary/aromatic N) is 3. The lowest BCUT2D eigenvalue weighted by molar-refractivity contribution is 0.302. The molecule has 0 saturated carbocycles. The lowest BCUT2D eigenvalue weighted by Crippen LogP contribution is -2.34. The van der Waals surface area contributed by atoms with Crippen LogP contribution in [0.3, 0.4) is 0 Å². The molecule has 3 rings (SSSR count). The summed E-state index contributed by atoms with van der Waals surface area (Å²) in [6, 6.07) is 11.6. The van der Waals surface area contributed by atoms with Crippen molar-refractivity contribution in [2.24, 2.45) is 5.16 Å². The van der Waals surface area contributed by atoms with Crippen LogP contribution in [-0.4, -0.2) is 40.3 Å². The van der Waals surface area contributed by atoms with Crippen molar-refractivity contribution in [1.29, 1.82) is 0 Å². The van der Waals surface area contributed by atoms with Gasteiger partial charge in [0.2, 0.25) is 5.88 Å². The molecular formula is C19H21N3O2S. The zero-order valence-electron chi connectivity index (χ0n) is 14.3. The second kappa shape index (κ2) is 8.07. The van der Waals surface area contributed by atoms with Crippen molar-refractivity contribution in [3.8, 4) is 11.6 Å². The SMILES string of the molecule is CSc1ccc(Oc2nc(C)ccc2/C(=N/O)N2CC=CCC2)cc1. The molecule has 0 aliphatic carbocycles. The van der Waals surface area contributed by atoms with Crippen LogP contribution >= 0.6 is 11.8 Å². The first-order valence-corrected chi connectivity index (χ1v) is 9.35. The van der Waals surface area contributed by atoms with Crippen LogP contribution in [-0.2, 0) is 0 Å². The Labute approximate surface area is 152 Å². The zero-order chi connectivity index (χ0) is 17.6. The van der Waals surface area contributed by atoms with E-state index in [1.165, 1.54) is 4.90 Å². The Bertz CT molecular complexity index is 788. The lowest BCUT2D eigenvalue weighted by atomic mass is 10.1. The molecule has 1 aromatic heterocycles.